The Morgan fingerprint density at radius 2 is 1.90 bits per heavy atom. The third-order valence-electron chi connectivity index (χ3n) is 4.40. The van der Waals surface area contributed by atoms with Crippen molar-refractivity contribution in [3.05, 3.63) is 75.4 Å². The number of hydrogen-bond acceptors (Lipinski definition) is 5. The van der Waals surface area contributed by atoms with Crippen LogP contribution in [0.3, 0.4) is 0 Å². The predicted molar refractivity (Wildman–Crippen MR) is 121 cm³/mol. The maximum atomic E-state index is 13.2. The number of aromatic nitrogens is 1. The number of anilines is 2. The fourth-order valence-electron chi connectivity index (χ4n) is 2.85. The molecule has 152 valence electrons. The van der Waals surface area contributed by atoms with Gasteiger partial charge in [-0.3, -0.25) is 14.5 Å². The molecule has 2 heterocycles. The lowest BCUT2D eigenvalue weighted by atomic mass is 10.2. The van der Waals surface area contributed by atoms with Crippen LogP contribution in [0.1, 0.15) is 25.6 Å². The molecule has 5 nitrogen and oxygen atoms in total. The van der Waals surface area contributed by atoms with Gasteiger partial charge in [-0.05, 0) is 48.9 Å². The molecule has 0 saturated carbocycles. The van der Waals surface area contributed by atoms with Crippen LogP contribution in [0.2, 0.25) is 5.02 Å². The van der Waals surface area contributed by atoms with Crippen LogP contribution >= 0.6 is 34.3 Å². The fourth-order valence-corrected chi connectivity index (χ4v) is 5.07. The zero-order valence-electron chi connectivity index (χ0n) is 15.9. The molecule has 1 N–H and O–H groups in total. The summed E-state index contributed by atoms with van der Waals surface area (Å²) >= 11 is 8.56. The summed E-state index contributed by atoms with van der Waals surface area (Å²) in [6.07, 6.45) is 0. The molecular weight excluding hydrogens is 445 g/mol. The van der Waals surface area contributed by atoms with E-state index in [1.165, 1.54) is 39.7 Å². The Hall–Kier alpha value is -2.81. The highest BCUT2D eigenvalue weighted by molar-refractivity contribution is 7.22. The van der Waals surface area contributed by atoms with Crippen molar-refractivity contribution in [3.63, 3.8) is 0 Å². The van der Waals surface area contributed by atoms with E-state index in [2.05, 4.69) is 10.3 Å². The van der Waals surface area contributed by atoms with E-state index in [1.54, 1.807) is 20.0 Å². The quantitative estimate of drug-likeness (QED) is 0.408. The second-order valence-electron chi connectivity index (χ2n) is 6.53. The number of benzene rings is 2. The zero-order valence-corrected chi connectivity index (χ0v) is 18.3. The van der Waals surface area contributed by atoms with Crippen molar-refractivity contribution < 1.29 is 14.0 Å². The molecule has 0 saturated heterocycles. The largest absolute Gasteiger partial charge is 0.313 e. The highest BCUT2D eigenvalue weighted by Crippen LogP contribution is 2.32. The Balaban J connectivity index is 1.55. The van der Waals surface area contributed by atoms with Crippen LogP contribution in [0, 0.1) is 12.7 Å². The van der Waals surface area contributed by atoms with Gasteiger partial charge < -0.3 is 5.32 Å². The van der Waals surface area contributed by atoms with E-state index in [0.29, 0.717) is 15.0 Å². The lowest BCUT2D eigenvalue weighted by Crippen LogP contribution is -2.25. The van der Waals surface area contributed by atoms with Gasteiger partial charge in [0.25, 0.3) is 11.8 Å². The summed E-state index contributed by atoms with van der Waals surface area (Å²) < 4.78 is 14.2. The van der Waals surface area contributed by atoms with Gasteiger partial charge >= 0.3 is 0 Å². The van der Waals surface area contributed by atoms with Gasteiger partial charge in [0.2, 0.25) is 0 Å². The number of amides is 2. The van der Waals surface area contributed by atoms with Gasteiger partial charge in [-0.25, -0.2) is 9.37 Å². The normalized spacial score (nSPS) is 10.9. The number of hydrogen-bond donors (Lipinski definition) is 1. The molecule has 0 bridgehead atoms. The average Bonchev–Trinajstić information content (AvgIpc) is 3.29. The van der Waals surface area contributed by atoms with Crippen LogP contribution in [0.15, 0.2) is 48.5 Å². The number of carbonyl (C=O) groups excluding carboxylic acids is 2. The second-order valence-corrected chi connectivity index (χ2v) is 9.00. The zero-order chi connectivity index (χ0) is 21.4. The minimum atomic E-state index is -0.519. The predicted octanol–water partition coefficient (Wildman–Crippen LogP) is 5.99. The summed E-state index contributed by atoms with van der Waals surface area (Å²) in [6.45, 7) is 1.80. The molecule has 0 aliphatic rings. The topological polar surface area (TPSA) is 62.3 Å². The molecule has 4 aromatic rings. The molecular formula is C21H15ClFN3O2S2. The average molecular weight is 460 g/mol. The number of aryl methyl sites for hydroxylation is 1. The summed E-state index contributed by atoms with van der Waals surface area (Å²) in [5, 5.41) is 3.84. The second kappa shape index (κ2) is 8.14. The van der Waals surface area contributed by atoms with Crippen molar-refractivity contribution >= 4 is 66.4 Å². The molecule has 0 aliphatic carbocycles. The van der Waals surface area contributed by atoms with E-state index in [1.807, 2.05) is 24.3 Å². The first-order valence-corrected chi connectivity index (χ1v) is 10.8. The minimum absolute atomic E-state index is 0.0210. The van der Waals surface area contributed by atoms with Crippen LogP contribution in [0.4, 0.5) is 14.5 Å². The highest BCUT2D eigenvalue weighted by atomic mass is 35.5. The summed E-state index contributed by atoms with van der Waals surface area (Å²) in [5.74, 6) is -1.20. The van der Waals surface area contributed by atoms with E-state index in [9.17, 15) is 14.0 Å². The van der Waals surface area contributed by atoms with Crippen molar-refractivity contribution in [2.24, 2.45) is 0 Å². The Labute approximate surface area is 184 Å². The van der Waals surface area contributed by atoms with E-state index in [4.69, 9.17) is 11.6 Å². The molecule has 9 heteroatoms. The molecule has 0 fully saturated rings. The molecule has 0 aliphatic heterocycles. The molecule has 0 atom stereocenters. The monoisotopic (exact) mass is 459 g/mol. The summed E-state index contributed by atoms with van der Waals surface area (Å²) in [6, 6.07) is 13.0. The van der Waals surface area contributed by atoms with Crippen LogP contribution in [-0.4, -0.2) is 23.8 Å². The lowest BCUT2D eigenvalue weighted by molar-refractivity contribution is 0.0994. The molecule has 2 aromatic carbocycles. The molecule has 0 spiro atoms. The third-order valence-corrected chi connectivity index (χ3v) is 6.96. The first-order chi connectivity index (χ1) is 14.3. The van der Waals surface area contributed by atoms with Crippen molar-refractivity contribution in [1.29, 1.82) is 0 Å². The Morgan fingerprint density at radius 3 is 2.63 bits per heavy atom. The number of fused-ring (bicyclic) bond motifs is 1. The van der Waals surface area contributed by atoms with Gasteiger partial charge in [-0.1, -0.05) is 35.1 Å². The lowest BCUT2D eigenvalue weighted by Gasteiger charge is -2.12. The Bertz CT molecular complexity index is 1250. The van der Waals surface area contributed by atoms with Crippen LogP contribution in [-0.2, 0) is 0 Å². The number of nitrogens with zero attached hydrogens (tertiary/aromatic N) is 2. The van der Waals surface area contributed by atoms with E-state index >= 15 is 0 Å². The maximum Gasteiger partial charge on any atom is 0.270 e. The van der Waals surface area contributed by atoms with Crippen LogP contribution in [0.25, 0.3) is 10.2 Å². The van der Waals surface area contributed by atoms with E-state index in [0.717, 1.165) is 21.8 Å². The van der Waals surface area contributed by atoms with Gasteiger partial charge in [0.1, 0.15) is 5.82 Å². The molecule has 30 heavy (non-hydrogen) atoms. The van der Waals surface area contributed by atoms with Gasteiger partial charge in [0.05, 0.1) is 30.7 Å². The van der Waals surface area contributed by atoms with Gasteiger partial charge in [0, 0.05) is 7.05 Å². The molecule has 0 unspecified atom stereocenters. The number of nitrogens with one attached hydrogen (secondary N) is 1. The van der Waals surface area contributed by atoms with Gasteiger partial charge in [-0.15, -0.1) is 11.3 Å². The van der Waals surface area contributed by atoms with E-state index in [-0.39, 0.29) is 16.5 Å². The number of rotatable bonds is 4. The summed E-state index contributed by atoms with van der Waals surface area (Å²) in [4.78, 5) is 32.0. The van der Waals surface area contributed by atoms with Gasteiger partial charge in [0.15, 0.2) is 5.13 Å². The standard InChI is InChI=1S/C21H15ClFN3O2S2/c1-11-9-17(25-19(27)13-8-7-12(23)10-14(13)22)30-18(11)20(28)26(2)21-24-15-5-3-4-6-16(15)29-21/h3-10H,1-2H3,(H,25,27). The number of thiophene rings is 1. The number of halogens is 2. The number of carbonyl (C=O) groups is 2. The minimum Gasteiger partial charge on any atom is -0.313 e. The Kier molecular flexibility index (Phi) is 5.55. The smallest absolute Gasteiger partial charge is 0.270 e. The van der Waals surface area contributed by atoms with Crippen molar-refractivity contribution in [1.82, 2.24) is 4.98 Å². The third kappa shape index (κ3) is 3.94. The van der Waals surface area contributed by atoms with Crippen molar-refractivity contribution in [3.8, 4) is 0 Å². The summed E-state index contributed by atoms with van der Waals surface area (Å²) in [7, 11) is 1.68. The Morgan fingerprint density at radius 1 is 1.13 bits per heavy atom. The van der Waals surface area contributed by atoms with Gasteiger partial charge in [-0.2, -0.15) is 0 Å². The number of para-hydroxylation sites is 1. The first kappa shape index (κ1) is 20.5. The molecule has 4 rings (SSSR count). The summed E-state index contributed by atoms with van der Waals surface area (Å²) in [5.41, 5.74) is 1.73. The van der Waals surface area contributed by atoms with Crippen molar-refractivity contribution in [2.45, 2.75) is 6.92 Å². The number of thiazole rings is 1. The highest BCUT2D eigenvalue weighted by Gasteiger charge is 2.22. The molecule has 2 aromatic heterocycles. The first-order valence-electron chi connectivity index (χ1n) is 8.84. The van der Waals surface area contributed by atoms with Crippen LogP contribution < -0.4 is 10.2 Å². The molecule has 0 radical (unpaired) electrons. The maximum absolute atomic E-state index is 13.2. The van der Waals surface area contributed by atoms with Crippen molar-refractivity contribution in [2.75, 3.05) is 17.3 Å². The van der Waals surface area contributed by atoms with E-state index < -0.39 is 11.7 Å². The SMILES string of the molecule is Cc1cc(NC(=O)c2ccc(F)cc2Cl)sc1C(=O)N(C)c1nc2ccccc2s1. The molecule has 2 amide bonds. The fraction of sp³-hybridized carbons (Fsp3) is 0.0952. The van der Waals surface area contributed by atoms with Crippen LogP contribution in [0.5, 0.6) is 0 Å².